The van der Waals surface area contributed by atoms with Gasteiger partial charge in [-0.25, -0.2) is 4.79 Å². The molecule has 1 aliphatic heterocycles. The summed E-state index contributed by atoms with van der Waals surface area (Å²) >= 11 is 0. The fourth-order valence-electron chi connectivity index (χ4n) is 1.26. The molecule has 1 heterocycles. The van der Waals surface area contributed by atoms with Gasteiger partial charge in [0.15, 0.2) is 0 Å². The zero-order valence-electron chi connectivity index (χ0n) is 7.79. The molecular weight excluding hydrogens is 178 g/mol. The molecule has 0 spiro atoms. The van der Waals surface area contributed by atoms with Crippen LogP contribution < -0.4 is 16.0 Å². The molecule has 0 bridgehead atoms. The van der Waals surface area contributed by atoms with Crippen molar-refractivity contribution in [3.63, 3.8) is 0 Å². The SMILES string of the molecule is O=C(Nc1ccccc1)NC1CNC1. The third-order valence-corrected chi connectivity index (χ3v) is 2.15. The Kier molecular flexibility index (Phi) is 2.65. The normalized spacial score (nSPS) is 15.7. The van der Waals surface area contributed by atoms with Gasteiger partial charge in [0.05, 0.1) is 6.04 Å². The minimum absolute atomic E-state index is 0.136. The second-order valence-electron chi connectivity index (χ2n) is 3.32. The largest absolute Gasteiger partial charge is 0.333 e. The molecule has 0 unspecified atom stereocenters. The molecule has 1 saturated heterocycles. The molecule has 1 aliphatic rings. The fourth-order valence-corrected chi connectivity index (χ4v) is 1.26. The summed E-state index contributed by atoms with van der Waals surface area (Å²) in [6.45, 7) is 1.73. The van der Waals surface area contributed by atoms with Crippen molar-refractivity contribution in [2.75, 3.05) is 18.4 Å². The highest BCUT2D eigenvalue weighted by molar-refractivity contribution is 5.89. The molecule has 1 aromatic carbocycles. The standard InChI is InChI=1S/C10H13N3O/c14-10(13-9-6-11-7-9)12-8-4-2-1-3-5-8/h1-5,9,11H,6-7H2,(H2,12,13,14). The topological polar surface area (TPSA) is 53.2 Å². The summed E-state index contributed by atoms with van der Waals surface area (Å²) in [5.74, 6) is 0. The van der Waals surface area contributed by atoms with Crippen LogP contribution in [-0.4, -0.2) is 25.2 Å². The predicted octanol–water partition coefficient (Wildman–Crippen LogP) is 0.780. The van der Waals surface area contributed by atoms with E-state index in [-0.39, 0.29) is 12.1 Å². The lowest BCUT2D eigenvalue weighted by Crippen LogP contribution is -2.57. The number of urea groups is 1. The van der Waals surface area contributed by atoms with Gasteiger partial charge in [0.2, 0.25) is 0 Å². The third kappa shape index (κ3) is 2.23. The Hall–Kier alpha value is -1.55. The van der Waals surface area contributed by atoms with Gasteiger partial charge in [0, 0.05) is 18.8 Å². The maximum Gasteiger partial charge on any atom is 0.319 e. The highest BCUT2D eigenvalue weighted by Crippen LogP contribution is 2.04. The van der Waals surface area contributed by atoms with Crippen molar-refractivity contribution in [1.82, 2.24) is 10.6 Å². The molecule has 2 rings (SSSR count). The Morgan fingerprint density at radius 3 is 2.57 bits per heavy atom. The number of amides is 2. The summed E-state index contributed by atoms with van der Waals surface area (Å²) in [5.41, 5.74) is 0.817. The molecule has 14 heavy (non-hydrogen) atoms. The lowest BCUT2D eigenvalue weighted by molar-refractivity contribution is 0.243. The van der Waals surface area contributed by atoms with Gasteiger partial charge >= 0.3 is 6.03 Å². The number of nitrogens with one attached hydrogen (secondary N) is 3. The highest BCUT2D eigenvalue weighted by Gasteiger charge is 2.18. The summed E-state index contributed by atoms with van der Waals surface area (Å²) in [7, 11) is 0. The maximum atomic E-state index is 11.4. The highest BCUT2D eigenvalue weighted by atomic mass is 16.2. The van der Waals surface area contributed by atoms with Crippen LogP contribution in [0.5, 0.6) is 0 Å². The van der Waals surface area contributed by atoms with E-state index in [9.17, 15) is 4.79 Å². The number of rotatable bonds is 2. The van der Waals surface area contributed by atoms with Gasteiger partial charge in [-0.3, -0.25) is 0 Å². The molecule has 0 aromatic heterocycles. The van der Waals surface area contributed by atoms with E-state index in [4.69, 9.17) is 0 Å². The maximum absolute atomic E-state index is 11.4. The molecule has 3 N–H and O–H groups in total. The molecule has 74 valence electrons. The number of para-hydroxylation sites is 1. The van der Waals surface area contributed by atoms with Crippen LogP contribution >= 0.6 is 0 Å². The van der Waals surface area contributed by atoms with E-state index in [1.54, 1.807) is 0 Å². The lowest BCUT2D eigenvalue weighted by Gasteiger charge is -2.27. The molecule has 1 aromatic rings. The molecule has 2 amide bonds. The van der Waals surface area contributed by atoms with Crippen LogP contribution in [0.3, 0.4) is 0 Å². The van der Waals surface area contributed by atoms with E-state index in [0.29, 0.717) is 0 Å². The Bertz CT molecular complexity index is 308. The van der Waals surface area contributed by atoms with E-state index in [1.807, 2.05) is 30.3 Å². The van der Waals surface area contributed by atoms with Crippen LogP contribution in [0.1, 0.15) is 0 Å². The Morgan fingerprint density at radius 1 is 1.29 bits per heavy atom. The first-order valence-electron chi connectivity index (χ1n) is 4.68. The monoisotopic (exact) mass is 191 g/mol. The second-order valence-corrected chi connectivity index (χ2v) is 3.32. The van der Waals surface area contributed by atoms with Crippen molar-refractivity contribution >= 4 is 11.7 Å². The Labute approximate surface area is 82.7 Å². The van der Waals surface area contributed by atoms with Gasteiger partial charge in [-0.1, -0.05) is 18.2 Å². The lowest BCUT2D eigenvalue weighted by atomic mass is 10.2. The first kappa shape index (κ1) is 9.02. The van der Waals surface area contributed by atoms with Gasteiger partial charge in [-0.2, -0.15) is 0 Å². The Balaban J connectivity index is 1.82. The van der Waals surface area contributed by atoms with Crippen LogP contribution in [0.15, 0.2) is 30.3 Å². The van der Waals surface area contributed by atoms with Crippen molar-refractivity contribution < 1.29 is 4.79 Å². The van der Waals surface area contributed by atoms with E-state index in [2.05, 4.69) is 16.0 Å². The van der Waals surface area contributed by atoms with Gasteiger partial charge < -0.3 is 16.0 Å². The first-order chi connectivity index (χ1) is 6.84. The summed E-state index contributed by atoms with van der Waals surface area (Å²) < 4.78 is 0. The first-order valence-corrected chi connectivity index (χ1v) is 4.68. The Morgan fingerprint density at radius 2 is 2.00 bits per heavy atom. The van der Waals surface area contributed by atoms with Crippen LogP contribution in [-0.2, 0) is 0 Å². The van der Waals surface area contributed by atoms with E-state index >= 15 is 0 Å². The van der Waals surface area contributed by atoms with Crippen molar-refractivity contribution in [3.8, 4) is 0 Å². The molecular formula is C10H13N3O. The van der Waals surface area contributed by atoms with E-state index < -0.39 is 0 Å². The van der Waals surface area contributed by atoms with Crippen LogP contribution in [0.2, 0.25) is 0 Å². The smallest absolute Gasteiger partial charge is 0.319 e. The van der Waals surface area contributed by atoms with Gasteiger partial charge in [0.25, 0.3) is 0 Å². The van der Waals surface area contributed by atoms with Crippen molar-refractivity contribution in [2.24, 2.45) is 0 Å². The minimum Gasteiger partial charge on any atom is -0.333 e. The summed E-state index contributed by atoms with van der Waals surface area (Å²) in [5, 5.41) is 8.70. The fraction of sp³-hybridized carbons (Fsp3) is 0.300. The molecule has 0 radical (unpaired) electrons. The van der Waals surface area contributed by atoms with Crippen LogP contribution in [0.4, 0.5) is 10.5 Å². The zero-order chi connectivity index (χ0) is 9.80. The number of anilines is 1. The van der Waals surface area contributed by atoms with Crippen LogP contribution in [0.25, 0.3) is 0 Å². The number of hydrogen-bond donors (Lipinski definition) is 3. The van der Waals surface area contributed by atoms with Crippen LogP contribution in [0, 0.1) is 0 Å². The molecule has 1 fully saturated rings. The summed E-state index contributed by atoms with van der Waals surface area (Å²) in [6.07, 6.45) is 0. The van der Waals surface area contributed by atoms with Gasteiger partial charge in [-0.15, -0.1) is 0 Å². The van der Waals surface area contributed by atoms with Crippen molar-refractivity contribution in [2.45, 2.75) is 6.04 Å². The van der Waals surface area contributed by atoms with Crippen molar-refractivity contribution in [1.29, 1.82) is 0 Å². The number of hydrogen-bond acceptors (Lipinski definition) is 2. The number of benzene rings is 1. The second kappa shape index (κ2) is 4.11. The van der Waals surface area contributed by atoms with Gasteiger partial charge in [-0.05, 0) is 12.1 Å². The zero-order valence-corrected chi connectivity index (χ0v) is 7.79. The number of carbonyl (C=O) groups excluding carboxylic acids is 1. The predicted molar refractivity (Wildman–Crippen MR) is 55.3 cm³/mol. The summed E-state index contributed by atoms with van der Waals surface area (Å²) in [6, 6.07) is 9.55. The van der Waals surface area contributed by atoms with Gasteiger partial charge in [0.1, 0.15) is 0 Å². The quantitative estimate of drug-likeness (QED) is 0.647. The summed E-state index contributed by atoms with van der Waals surface area (Å²) in [4.78, 5) is 11.4. The molecule has 0 aliphatic carbocycles. The third-order valence-electron chi connectivity index (χ3n) is 2.15. The average molecular weight is 191 g/mol. The molecule has 0 saturated carbocycles. The molecule has 4 heteroatoms. The van der Waals surface area contributed by atoms with E-state index in [0.717, 1.165) is 18.8 Å². The van der Waals surface area contributed by atoms with E-state index in [1.165, 1.54) is 0 Å². The minimum atomic E-state index is -0.136. The number of carbonyl (C=O) groups is 1. The molecule has 0 atom stereocenters. The average Bonchev–Trinajstić information content (AvgIpc) is 2.13. The van der Waals surface area contributed by atoms with Crippen molar-refractivity contribution in [3.05, 3.63) is 30.3 Å². The molecule has 4 nitrogen and oxygen atoms in total.